The number of imidazole rings is 1. The number of rotatable bonds is 8. The Morgan fingerprint density at radius 1 is 1.25 bits per heavy atom. The van der Waals surface area contributed by atoms with Crippen LogP contribution in [0.25, 0.3) is 11.0 Å². The smallest absolute Gasteiger partial charge is 0.237 e. The Morgan fingerprint density at radius 2 is 2.00 bits per heavy atom. The second-order valence-electron chi connectivity index (χ2n) is 5.95. The molecule has 2 amide bonds. The SMILES string of the molecule is COc1ccc(N(CCC(N)=O)C(=O)CSc2nc3ccc(Cl)cc3[nH]2)cc1. The maximum Gasteiger partial charge on any atom is 0.237 e. The van der Waals surface area contributed by atoms with Crippen molar-refractivity contribution in [2.24, 2.45) is 5.73 Å². The number of carbonyl (C=O) groups excluding carboxylic acids is 2. The van der Waals surface area contributed by atoms with Crippen LogP contribution in [0.1, 0.15) is 6.42 Å². The summed E-state index contributed by atoms with van der Waals surface area (Å²) in [7, 11) is 1.57. The van der Waals surface area contributed by atoms with Crippen LogP contribution in [0.3, 0.4) is 0 Å². The molecule has 7 nitrogen and oxygen atoms in total. The van der Waals surface area contributed by atoms with E-state index in [9.17, 15) is 9.59 Å². The number of aromatic nitrogens is 2. The fourth-order valence-corrected chi connectivity index (χ4v) is 3.55. The summed E-state index contributed by atoms with van der Waals surface area (Å²) in [6, 6.07) is 12.4. The third-order valence-corrected chi connectivity index (χ3v) is 5.11. The van der Waals surface area contributed by atoms with Gasteiger partial charge in [0.15, 0.2) is 5.16 Å². The minimum Gasteiger partial charge on any atom is -0.497 e. The molecule has 0 spiro atoms. The maximum absolute atomic E-state index is 12.8. The van der Waals surface area contributed by atoms with Gasteiger partial charge in [-0.1, -0.05) is 23.4 Å². The number of nitrogens with one attached hydrogen (secondary N) is 1. The molecule has 3 rings (SSSR count). The van der Waals surface area contributed by atoms with Crippen molar-refractivity contribution in [3.05, 3.63) is 47.5 Å². The lowest BCUT2D eigenvalue weighted by Crippen LogP contribution is -2.35. The number of methoxy groups -OCH3 is 1. The summed E-state index contributed by atoms with van der Waals surface area (Å²) in [6.07, 6.45) is 0.0750. The number of hydrogen-bond acceptors (Lipinski definition) is 5. The van der Waals surface area contributed by atoms with E-state index in [4.69, 9.17) is 22.1 Å². The average Bonchev–Trinajstić information content (AvgIpc) is 3.08. The molecule has 3 aromatic rings. The van der Waals surface area contributed by atoms with Crippen LogP contribution in [-0.4, -0.2) is 41.2 Å². The Kier molecular flexibility index (Phi) is 6.43. The molecule has 0 saturated heterocycles. The molecule has 2 aromatic carbocycles. The van der Waals surface area contributed by atoms with E-state index in [1.54, 1.807) is 43.5 Å². The van der Waals surface area contributed by atoms with E-state index in [1.807, 2.05) is 6.07 Å². The van der Waals surface area contributed by atoms with Gasteiger partial charge in [-0.25, -0.2) is 4.98 Å². The molecule has 1 aromatic heterocycles. The van der Waals surface area contributed by atoms with E-state index in [0.29, 0.717) is 21.6 Å². The predicted octanol–water partition coefficient (Wildman–Crippen LogP) is 3.23. The molecular formula is C19H19ClN4O3S. The van der Waals surface area contributed by atoms with Crippen LogP contribution in [0, 0.1) is 0 Å². The third-order valence-electron chi connectivity index (χ3n) is 4.02. The molecule has 3 N–H and O–H groups in total. The van der Waals surface area contributed by atoms with Gasteiger partial charge in [-0.15, -0.1) is 0 Å². The van der Waals surface area contributed by atoms with Gasteiger partial charge in [0.25, 0.3) is 0 Å². The van der Waals surface area contributed by atoms with Crippen molar-refractivity contribution in [3.8, 4) is 5.75 Å². The zero-order valence-electron chi connectivity index (χ0n) is 15.1. The number of primary amides is 1. The van der Waals surface area contributed by atoms with Crippen LogP contribution >= 0.6 is 23.4 Å². The van der Waals surface area contributed by atoms with E-state index < -0.39 is 5.91 Å². The largest absolute Gasteiger partial charge is 0.497 e. The predicted molar refractivity (Wildman–Crippen MR) is 111 cm³/mol. The number of fused-ring (bicyclic) bond motifs is 1. The summed E-state index contributed by atoms with van der Waals surface area (Å²) in [5.41, 5.74) is 7.51. The number of H-pyrrole nitrogens is 1. The molecule has 0 aliphatic heterocycles. The second-order valence-corrected chi connectivity index (χ2v) is 7.35. The first-order valence-corrected chi connectivity index (χ1v) is 9.83. The van der Waals surface area contributed by atoms with Crippen molar-refractivity contribution < 1.29 is 14.3 Å². The second kappa shape index (κ2) is 8.99. The van der Waals surface area contributed by atoms with E-state index in [0.717, 1.165) is 11.0 Å². The standard InChI is InChI=1S/C19H19ClN4O3S/c1-27-14-5-3-13(4-6-14)24(9-8-17(21)25)18(26)11-28-19-22-15-7-2-12(20)10-16(15)23-19/h2-7,10H,8-9,11H2,1H3,(H2,21,25)(H,22,23). The van der Waals surface area contributed by atoms with Gasteiger partial charge < -0.3 is 20.4 Å². The lowest BCUT2D eigenvalue weighted by molar-refractivity contribution is -0.118. The summed E-state index contributed by atoms with van der Waals surface area (Å²) in [5, 5.41) is 1.23. The van der Waals surface area contributed by atoms with Gasteiger partial charge in [0, 0.05) is 23.7 Å². The number of carbonyl (C=O) groups is 2. The first-order valence-electron chi connectivity index (χ1n) is 8.47. The van der Waals surface area contributed by atoms with Crippen LogP contribution in [0.15, 0.2) is 47.6 Å². The van der Waals surface area contributed by atoms with Crippen LogP contribution in [0.5, 0.6) is 5.75 Å². The highest BCUT2D eigenvalue weighted by atomic mass is 35.5. The zero-order valence-corrected chi connectivity index (χ0v) is 16.7. The summed E-state index contributed by atoms with van der Waals surface area (Å²) in [5.74, 6) is 0.211. The molecule has 0 saturated carbocycles. The third kappa shape index (κ3) is 4.96. The first kappa shape index (κ1) is 20.0. The molecule has 0 unspecified atom stereocenters. The van der Waals surface area contributed by atoms with Gasteiger partial charge in [-0.2, -0.15) is 0 Å². The van der Waals surface area contributed by atoms with Crippen molar-refractivity contribution >= 4 is 51.9 Å². The molecule has 0 radical (unpaired) electrons. The quantitative estimate of drug-likeness (QED) is 0.547. The fourth-order valence-electron chi connectivity index (χ4n) is 2.62. The minimum atomic E-state index is -0.465. The lowest BCUT2D eigenvalue weighted by Gasteiger charge is -2.22. The van der Waals surface area contributed by atoms with Crippen molar-refractivity contribution in [1.82, 2.24) is 9.97 Å². The number of aromatic amines is 1. The Labute approximate surface area is 171 Å². The van der Waals surface area contributed by atoms with Crippen LogP contribution in [0.2, 0.25) is 5.02 Å². The molecule has 1 heterocycles. The number of nitrogens with two attached hydrogens (primary N) is 1. The minimum absolute atomic E-state index is 0.0750. The normalized spacial score (nSPS) is 10.8. The van der Waals surface area contributed by atoms with Gasteiger partial charge in [-0.3, -0.25) is 9.59 Å². The number of hydrogen-bond donors (Lipinski definition) is 2. The highest BCUT2D eigenvalue weighted by Crippen LogP contribution is 2.24. The number of anilines is 1. The molecule has 0 atom stereocenters. The zero-order chi connectivity index (χ0) is 20.1. The Hall–Kier alpha value is -2.71. The Morgan fingerprint density at radius 3 is 2.68 bits per heavy atom. The molecule has 0 aliphatic carbocycles. The summed E-state index contributed by atoms with van der Waals surface area (Å²) >= 11 is 7.27. The topological polar surface area (TPSA) is 101 Å². The van der Waals surface area contributed by atoms with Crippen molar-refractivity contribution in [2.45, 2.75) is 11.6 Å². The van der Waals surface area contributed by atoms with Gasteiger partial charge >= 0.3 is 0 Å². The maximum atomic E-state index is 12.8. The summed E-state index contributed by atoms with van der Waals surface area (Å²) in [6.45, 7) is 0.205. The van der Waals surface area contributed by atoms with Gasteiger partial charge in [0.1, 0.15) is 5.75 Å². The highest BCUT2D eigenvalue weighted by molar-refractivity contribution is 7.99. The number of ether oxygens (including phenoxy) is 1. The van der Waals surface area contributed by atoms with Gasteiger partial charge in [0.2, 0.25) is 11.8 Å². The fraction of sp³-hybridized carbons (Fsp3) is 0.211. The lowest BCUT2D eigenvalue weighted by atomic mass is 10.2. The number of amides is 2. The Balaban J connectivity index is 1.72. The van der Waals surface area contributed by atoms with E-state index >= 15 is 0 Å². The van der Waals surface area contributed by atoms with E-state index in [1.165, 1.54) is 16.7 Å². The summed E-state index contributed by atoms with van der Waals surface area (Å²) < 4.78 is 5.15. The molecule has 28 heavy (non-hydrogen) atoms. The van der Waals surface area contributed by atoms with Crippen molar-refractivity contribution in [3.63, 3.8) is 0 Å². The molecular weight excluding hydrogens is 400 g/mol. The molecule has 0 aliphatic rings. The van der Waals surface area contributed by atoms with Crippen LogP contribution in [-0.2, 0) is 9.59 Å². The number of benzene rings is 2. The molecule has 146 valence electrons. The monoisotopic (exact) mass is 418 g/mol. The molecule has 9 heteroatoms. The first-order chi connectivity index (χ1) is 13.5. The molecule has 0 bridgehead atoms. The van der Waals surface area contributed by atoms with Crippen LogP contribution < -0.4 is 15.4 Å². The van der Waals surface area contributed by atoms with E-state index in [2.05, 4.69) is 9.97 Å². The number of thioether (sulfide) groups is 1. The van der Waals surface area contributed by atoms with Crippen LogP contribution in [0.4, 0.5) is 5.69 Å². The van der Waals surface area contributed by atoms with E-state index in [-0.39, 0.29) is 24.6 Å². The summed E-state index contributed by atoms with van der Waals surface area (Å²) in [4.78, 5) is 33.1. The van der Waals surface area contributed by atoms with Gasteiger partial charge in [-0.05, 0) is 42.5 Å². The average molecular weight is 419 g/mol. The number of halogens is 1. The van der Waals surface area contributed by atoms with Crippen molar-refractivity contribution in [2.75, 3.05) is 24.3 Å². The molecule has 0 fully saturated rings. The highest BCUT2D eigenvalue weighted by Gasteiger charge is 2.18. The van der Waals surface area contributed by atoms with Crippen molar-refractivity contribution in [1.29, 1.82) is 0 Å². The Bertz CT molecular complexity index is 991. The van der Waals surface area contributed by atoms with Gasteiger partial charge in [0.05, 0.1) is 23.9 Å². The number of nitrogens with zero attached hydrogens (tertiary/aromatic N) is 2.